The van der Waals surface area contributed by atoms with Crippen molar-refractivity contribution < 1.29 is 23.5 Å². The van der Waals surface area contributed by atoms with Gasteiger partial charge in [0.15, 0.2) is 0 Å². The second-order valence-corrected chi connectivity index (χ2v) is 6.59. The Balaban J connectivity index is 1.48. The third kappa shape index (κ3) is 4.47. The fourth-order valence-electron chi connectivity index (χ4n) is 3.26. The van der Waals surface area contributed by atoms with E-state index in [9.17, 15) is 14.0 Å². The first kappa shape index (κ1) is 18.1. The van der Waals surface area contributed by atoms with E-state index in [1.54, 1.807) is 12.1 Å². The molecule has 0 radical (unpaired) electrons. The Morgan fingerprint density at radius 3 is 2.69 bits per heavy atom. The smallest absolute Gasteiger partial charge is 0.306 e. The largest absolute Gasteiger partial charge is 0.481 e. The zero-order valence-corrected chi connectivity index (χ0v) is 14.3. The molecule has 1 aromatic carbocycles. The van der Waals surface area contributed by atoms with Gasteiger partial charge in [-0.1, -0.05) is 6.42 Å². The van der Waals surface area contributed by atoms with Gasteiger partial charge in [-0.15, -0.1) is 0 Å². The lowest BCUT2D eigenvalue weighted by Crippen LogP contribution is -2.36. The summed E-state index contributed by atoms with van der Waals surface area (Å²) >= 11 is 0. The minimum absolute atomic E-state index is 0.0989. The first-order valence-electron chi connectivity index (χ1n) is 8.74. The van der Waals surface area contributed by atoms with Crippen molar-refractivity contribution in [3.8, 4) is 11.5 Å². The van der Waals surface area contributed by atoms with Gasteiger partial charge in [0.25, 0.3) is 0 Å². The number of amides is 1. The number of hydrogen-bond acceptors (Lipinski definition) is 4. The van der Waals surface area contributed by atoms with Gasteiger partial charge in [0.1, 0.15) is 12.1 Å². The highest BCUT2D eigenvalue weighted by Crippen LogP contribution is 2.29. The summed E-state index contributed by atoms with van der Waals surface area (Å²) < 4.78 is 18.3. The van der Waals surface area contributed by atoms with Gasteiger partial charge in [0.2, 0.25) is 11.8 Å². The molecule has 2 aromatic rings. The van der Waals surface area contributed by atoms with Gasteiger partial charge in [-0.3, -0.25) is 9.59 Å². The number of carboxylic acids is 1. The Kier molecular flexibility index (Phi) is 5.65. The van der Waals surface area contributed by atoms with E-state index in [1.165, 1.54) is 18.4 Å². The number of carboxylic acid groups (broad SMARTS) is 1. The van der Waals surface area contributed by atoms with Crippen LogP contribution < -0.4 is 5.32 Å². The zero-order valence-electron chi connectivity index (χ0n) is 14.3. The van der Waals surface area contributed by atoms with E-state index in [4.69, 9.17) is 9.52 Å². The highest BCUT2D eigenvalue weighted by Gasteiger charge is 2.30. The van der Waals surface area contributed by atoms with Crippen LogP contribution in [0, 0.1) is 17.7 Å². The summed E-state index contributed by atoms with van der Waals surface area (Å²) in [5.74, 6) is -1.50. The number of nitrogens with zero attached hydrogens (tertiary/aromatic N) is 1. The van der Waals surface area contributed by atoms with Crippen molar-refractivity contribution in [2.45, 2.75) is 32.1 Å². The topological polar surface area (TPSA) is 92.4 Å². The van der Waals surface area contributed by atoms with Crippen molar-refractivity contribution in [2.24, 2.45) is 11.8 Å². The van der Waals surface area contributed by atoms with Gasteiger partial charge < -0.3 is 14.8 Å². The van der Waals surface area contributed by atoms with Crippen LogP contribution in [-0.4, -0.2) is 28.5 Å². The summed E-state index contributed by atoms with van der Waals surface area (Å²) in [6.45, 7) is 0.405. The Bertz CT molecular complexity index is 772. The number of hydrogen-bond donors (Lipinski definition) is 2. The Morgan fingerprint density at radius 2 is 1.96 bits per heavy atom. The molecule has 2 unspecified atom stereocenters. The van der Waals surface area contributed by atoms with Gasteiger partial charge in [0.05, 0.1) is 11.6 Å². The van der Waals surface area contributed by atoms with Crippen LogP contribution in [0.3, 0.4) is 0 Å². The third-order valence-electron chi connectivity index (χ3n) is 4.72. The lowest BCUT2D eigenvalue weighted by Gasteiger charge is -2.25. The van der Waals surface area contributed by atoms with Crippen LogP contribution in [0.25, 0.3) is 11.5 Å². The molecule has 0 bridgehead atoms. The van der Waals surface area contributed by atoms with Crippen molar-refractivity contribution >= 4 is 11.9 Å². The summed E-state index contributed by atoms with van der Waals surface area (Å²) in [4.78, 5) is 27.7. The van der Waals surface area contributed by atoms with Gasteiger partial charge >= 0.3 is 5.97 Å². The fourth-order valence-corrected chi connectivity index (χ4v) is 3.26. The van der Waals surface area contributed by atoms with Gasteiger partial charge in [-0.2, -0.15) is 0 Å². The molecule has 1 amide bonds. The van der Waals surface area contributed by atoms with E-state index < -0.39 is 11.9 Å². The van der Waals surface area contributed by atoms with E-state index in [0.717, 1.165) is 12.8 Å². The monoisotopic (exact) mass is 360 g/mol. The van der Waals surface area contributed by atoms with E-state index in [-0.39, 0.29) is 17.6 Å². The first-order valence-corrected chi connectivity index (χ1v) is 8.74. The number of carbonyl (C=O) groups is 2. The normalized spacial score (nSPS) is 19.9. The molecular formula is C19H21FN2O4. The molecule has 3 rings (SSSR count). The average Bonchev–Trinajstić information content (AvgIpc) is 3.11. The maximum absolute atomic E-state index is 12.9. The second kappa shape index (κ2) is 8.12. The van der Waals surface area contributed by atoms with Crippen molar-refractivity contribution in [1.82, 2.24) is 10.3 Å². The molecule has 1 aliphatic rings. The highest BCUT2D eigenvalue weighted by atomic mass is 19.1. The number of benzene rings is 1. The molecule has 2 N–H and O–H groups in total. The van der Waals surface area contributed by atoms with Crippen LogP contribution in [0.5, 0.6) is 0 Å². The summed E-state index contributed by atoms with van der Waals surface area (Å²) in [5, 5.41) is 12.0. The van der Waals surface area contributed by atoms with E-state index >= 15 is 0 Å². The molecule has 1 fully saturated rings. The van der Waals surface area contributed by atoms with Gasteiger partial charge in [-0.25, -0.2) is 9.37 Å². The SMILES string of the molecule is O=C(O)C1CCCC(C(=O)NCCc2coc(-c3ccc(F)cc3)n2)C1. The number of oxazole rings is 1. The number of nitrogens with one attached hydrogen (secondary N) is 1. The minimum atomic E-state index is -0.821. The standard InChI is InChI=1S/C19H21FN2O4/c20-15-6-4-12(5-7-15)18-22-16(11-26-18)8-9-21-17(23)13-2-1-3-14(10-13)19(24)25/h4-7,11,13-14H,1-3,8-10H2,(H,21,23)(H,24,25). The molecule has 0 aliphatic heterocycles. The van der Waals surface area contributed by atoms with Gasteiger partial charge in [0, 0.05) is 24.4 Å². The molecule has 0 saturated heterocycles. The van der Waals surface area contributed by atoms with E-state index in [1.807, 2.05) is 0 Å². The fraction of sp³-hybridized carbons (Fsp3) is 0.421. The molecule has 7 heteroatoms. The lowest BCUT2D eigenvalue weighted by atomic mass is 9.81. The molecule has 138 valence electrons. The molecule has 26 heavy (non-hydrogen) atoms. The Labute approximate surface area is 150 Å². The van der Waals surface area contributed by atoms with Gasteiger partial charge in [-0.05, 0) is 43.5 Å². The highest BCUT2D eigenvalue weighted by molar-refractivity contribution is 5.80. The number of aromatic nitrogens is 1. The van der Waals surface area contributed by atoms with Crippen molar-refractivity contribution in [3.63, 3.8) is 0 Å². The van der Waals surface area contributed by atoms with Crippen molar-refractivity contribution in [3.05, 3.63) is 42.0 Å². The maximum Gasteiger partial charge on any atom is 0.306 e. The van der Waals surface area contributed by atoms with Crippen molar-refractivity contribution in [2.75, 3.05) is 6.54 Å². The maximum atomic E-state index is 12.9. The van der Waals surface area contributed by atoms with E-state index in [0.29, 0.717) is 43.0 Å². The molecule has 6 nitrogen and oxygen atoms in total. The van der Waals surface area contributed by atoms with Crippen LogP contribution in [0.1, 0.15) is 31.4 Å². The van der Waals surface area contributed by atoms with Crippen LogP contribution in [-0.2, 0) is 16.0 Å². The summed E-state index contributed by atoms with van der Waals surface area (Å²) in [5.41, 5.74) is 1.38. The molecular weight excluding hydrogens is 339 g/mol. The van der Waals surface area contributed by atoms with Crippen LogP contribution in [0.4, 0.5) is 4.39 Å². The quantitative estimate of drug-likeness (QED) is 0.826. The van der Waals surface area contributed by atoms with Crippen LogP contribution in [0.2, 0.25) is 0 Å². The number of aliphatic carboxylic acids is 1. The molecule has 2 atom stereocenters. The molecule has 1 aromatic heterocycles. The summed E-state index contributed by atoms with van der Waals surface area (Å²) in [6, 6.07) is 5.87. The number of rotatable bonds is 6. The van der Waals surface area contributed by atoms with Crippen molar-refractivity contribution in [1.29, 1.82) is 0 Å². The second-order valence-electron chi connectivity index (χ2n) is 6.59. The predicted molar refractivity (Wildman–Crippen MR) is 91.7 cm³/mol. The Morgan fingerprint density at radius 1 is 1.23 bits per heavy atom. The number of carbonyl (C=O) groups excluding carboxylic acids is 1. The molecule has 0 spiro atoms. The molecule has 1 saturated carbocycles. The van der Waals surface area contributed by atoms with E-state index in [2.05, 4.69) is 10.3 Å². The summed E-state index contributed by atoms with van der Waals surface area (Å²) in [7, 11) is 0. The minimum Gasteiger partial charge on any atom is -0.481 e. The predicted octanol–water partition coefficient (Wildman–Crippen LogP) is 3.03. The molecule has 1 aliphatic carbocycles. The lowest BCUT2D eigenvalue weighted by molar-refractivity contribution is -0.144. The average molecular weight is 360 g/mol. The zero-order chi connectivity index (χ0) is 18.5. The third-order valence-corrected chi connectivity index (χ3v) is 4.72. The molecule has 1 heterocycles. The van der Waals surface area contributed by atoms with Crippen LogP contribution >= 0.6 is 0 Å². The summed E-state index contributed by atoms with van der Waals surface area (Å²) in [6.07, 6.45) is 4.56. The Hall–Kier alpha value is -2.70. The number of halogens is 1. The first-order chi connectivity index (χ1) is 12.5. The van der Waals surface area contributed by atoms with Crippen LogP contribution in [0.15, 0.2) is 34.9 Å².